The number of rotatable bonds is 3. The van der Waals surface area contributed by atoms with E-state index >= 15 is 0 Å². The maximum Gasteiger partial charge on any atom is 0.316 e. The van der Waals surface area contributed by atoms with Crippen LogP contribution in [0.2, 0.25) is 0 Å². The Morgan fingerprint density at radius 2 is 2.19 bits per heavy atom. The van der Waals surface area contributed by atoms with Crippen LogP contribution in [-0.4, -0.2) is 12.6 Å². The summed E-state index contributed by atoms with van der Waals surface area (Å²) in [6.45, 7) is 4.38. The van der Waals surface area contributed by atoms with E-state index in [4.69, 9.17) is 4.74 Å². The second kappa shape index (κ2) is 4.28. The summed E-state index contributed by atoms with van der Waals surface area (Å²) < 4.78 is 5.20. The van der Waals surface area contributed by atoms with Gasteiger partial charge in [0, 0.05) is 0 Å². The smallest absolute Gasteiger partial charge is 0.316 e. The zero-order valence-electron chi connectivity index (χ0n) is 9.95. The lowest BCUT2D eigenvalue weighted by molar-refractivity contribution is -0.153. The van der Waals surface area contributed by atoms with Crippen LogP contribution >= 0.6 is 0 Å². The quantitative estimate of drug-likeness (QED) is 0.729. The van der Waals surface area contributed by atoms with Gasteiger partial charge in [-0.2, -0.15) is 0 Å². The van der Waals surface area contributed by atoms with Crippen molar-refractivity contribution < 1.29 is 9.53 Å². The molecule has 0 aliphatic heterocycles. The maximum atomic E-state index is 12.0. The molecular formula is C14H18O2. The fraction of sp³-hybridized carbons (Fsp3) is 0.500. The molecule has 1 fully saturated rings. The van der Waals surface area contributed by atoms with Crippen molar-refractivity contribution in [1.82, 2.24) is 0 Å². The first-order chi connectivity index (χ1) is 7.69. The van der Waals surface area contributed by atoms with Crippen LogP contribution in [0.4, 0.5) is 0 Å². The summed E-state index contributed by atoms with van der Waals surface area (Å²) in [5.41, 5.74) is 1.98. The summed E-state index contributed by atoms with van der Waals surface area (Å²) in [7, 11) is 0. The lowest BCUT2D eigenvalue weighted by Gasteiger charge is -2.39. The molecule has 1 aliphatic rings. The molecule has 1 aromatic carbocycles. The van der Waals surface area contributed by atoms with Gasteiger partial charge in [-0.3, -0.25) is 4.79 Å². The first kappa shape index (κ1) is 11.2. The van der Waals surface area contributed by atoms with Crippen molar-refractivity contribution in [2.24, 2.45) is 0 Å². The molecule has 86 valence electrons. The molecular weight excluding hydrogens is 200 g/mol. The van der Waals surface area contributed by atoms with Gasteiger partial charge in [-0.05, 0) is 32.3 Å². The highest BCUT2D eigenvalue weighted by molar-refractivity contribution is 5.84. The largest absolute Gasteiger partial charge is 0.465 e. The number of hydrogen-bond acceptors (Lipinski definition) is 2. The van der Waals surface area contributed by atoms with Gasteiger partial charge in [0.15, 0.2) is 0 Å². The molecule has 2 heteroatoms. The normalized spacial score (nSPS) is 17.6. The molecule has 0 spiro atoms. The zero-order valence-corrected chi connectivity index (χ0v) is 9.95. The summed E-state index contributed by atoms with van der Waals surface area (Å²) in [4.78, 5) is 12.0. The Hall–Kier alpha value is -1.31. The van der Waals surface area contributed by atoms with Crippen molar-refractivity contribution in [2.75, 3.05) is 6.61 Å². The summed E-state index contributed by atoms with van der Waals surface area (Å²) >= 11 is 0. The molecule has 1 saturated carbocycles. The third-order valence-electron chi connectivity index (χ3n) is 3.44. The molecule has 2 nitrogen and oxygen atoms in total. The van der Waals surface area contributed by atoms with Gasteiger partial charge >= 0.3 is 5.97 Å². The van der Waals surface area contributed by atoms with Gasteiger partial charge in [-0.25, -0.2) is 0 Å². The van der Waals surface area contributed by atoms with Crippen LogP contribution in [0.5, 0.6) is 0 Å². The lowest BCUT2D eigenvalue weighted by atomic mass is 9.64. The van der Waals surface area contributed by atoms with E-state index in [1.54, 1.807) is 0 Å². The fourth-order valence-corrected chi connectivity index (χ4v) is 2.35. The summed E-state index contributed by atoms with van der Waals surface area (Å²) in [5.74, 6) is -0.0492. The summed E-state index contributed by atoms with van der Waals surface area (Å²) in [5, 5.41) is 0. The molecule has 0 amide bonds. The Bertz CT molecular complexity index is 391. The predicted molar refractivity (Wildman–Crippen MR) is 63.3 cm³/mol. The number of hydrogen-bond donors (Lipinski definition) is 0. The lowest BCUT2D eigenvalue weighted by Crippen LogP contribution is -2.43. The fourth-order valence-electron chi connectivity index (χ4n) is 2.35. The number of ether oxygens (including phenoxy) is 1. The van der Waals surface area contributed by atoms with Crippen LogP contribution in [0.15, 0.2) is 24.3 Å². The minimum absolute atomic E-state index is 0.0492. The molecule has 0 bridgehead atoms. The molecule has 1 aliphatic carbocycles. The van der Waals surface area contributed by atoms with Crippen molar-refractivity contribution in [3.05, 3.63) is 35.4 Å². The third kappa shape index (κ3) is 1.73. The van der Waals surface area contributed by atoms with Gasteiger partial charge in [-0.1, -0.05) is 36.2 Å². The minimum Gasteiger partial charge on any atom is -0.465 e. The maximum absolute atomic E-state index is 12.0. The van der Waals surface area contributed by atoms with E-state index in [0.717, 1.165) is 24.8 Å². The average molecular weight is 218 g/mol. The van der Waals surface area contributed by atoms with E-state index in [-0.39, 0.29) is 11.4 Å². The van der Waals surface area contributed by atoms with E-state index in [1.165, 1.54) is 5.56 Å². The number of carbonyl (C=O) groups excluding carboxylic acids is 1. The van der Waals surface area contributed by atoms with E-state index in [0.29, 0.717) is 6.61 Å². The average Bonchev–Trinajstić information content (AvgIpc) is 2.16. The monoisotopic (exact) mass is 218 g/mol. The molecule has 0 atom stereocenters. The molecule has 0 heterocycles. The van der Waals surface area contributed by atoms with Gasteiger partial charge in [0.05, 0.1) is 12.0 Å². The van der Waals surface area contributed by atoms with E-state index in [2.05, 4.69) is 19.1 Å². The topological polar surface area (TPSA) is 26.3 Å². The van der Waals surface area contributed by atoms with Crippen LogP contribution in [-0.2, 0) is 14.9 Å². The highest BCUT2D eigenvalue weighted by atomic mass is 16.5. The second-order valence-electron chi connectivity index (χ2n) is 4.53. The minimum atomic E-state index is -0.345. The standard InChI is InChI=1S/C14H18O2/c1-3-16-13(15)14(8-5-9-14)12-7-4-6-11(2)10-12/h4,6-7,10H,3,5,8-9H2,1-2H3. The number of esters is 1. The molecule has 16 heavy (non-hydrogen) atoms. The van der Waals surface area contributed by atoms with E-state index in [1.807, 2.05) is 19.1 Å². The van der Waals surface area contributed by atoms with Crippen LogP contribution in [0, 0.1) is 6.92 Å². The van der Waals surface area contributed by atoms with Crippen LogP contribution in [0.1, 0.15) is 37.3 Å². The van der Waals surface area contributed by atoms with E-state index in [9.17, 15) is 4.79 Å². The first-order valence-corrected chi connectivity index (χ1v) is 5.93. The molecule has 0 aromatic heterocycles. The Kier molecular flexibility index (Phi) is 2.99. The van der Waals surface area contributed by atoms with Gasteiger partial charge in [0.1, 0.15) is 0 Å². The molecule has 1 aromatic rings. The van der Waals surface area contributed by atoms with Gasteiger partial charge in [0.2, 0.25) is 0 Å². The number of benzene rings is 1. The number of carbonyl (C=O) groups is 1. The molecule has 0 unspecified atom stereocenters. The molecule has 0 N–H and O–H groups in total. The van der Waals surface area contributed by atoms with Crippen molar-refractivity contribution in [1.29, 1.82) is 0 Å². The van der Waals surface area contributed by atoms with Gasteiger partial charge < -0.3 is 4.74 Å². The zero-order chi connectivity index (χ0) is 11.6. The van der Waals surface area contributed by atoms with Crippen LogP contribution < -0.4 is 0 Å². The summed E-state index contributed by atoms with van der Waals surface area (Å²) in [6.07, 6.45) is 2.97. The SMILES string of the molecule is CCOC(=O)C1(c2cccc(C)c2)CCC1. The van der Waals surface area contributed by atoms with Gasteiger partial charge in [-0.15, -0.1) is 0 Å². The molecule has 2 rings (SSSR count). The van der Waals surface area contributed by atoms with Crippen LogP contribution in [0.25, 0.3) is 0 Å². The van der Waals surface area contributed by atoms with Crippen molar-refractivity contribution in [2.45, 2.75) is 38.5 Å². The second-order valence-corrected chi connectivity index (χ2v) is 4.53. The molecule has 0 saturated heterocycles. The Balaban J connectivity index is 2.31. The summed E-state index contributed by atoms with van der Waals surface area (Å²) in [6, 6.07) is 8.23. The molecule has 0 radical (unpaired) electrons. The predicted octanol–water partition coefficient (Wildman–Crippen LogP) is 2.98. The number of aryl methyl sites for hydroxylation is 1. The Labute approximate surface area is 96.6 Å². The van der Waals surface area contributed by atoms with Crippen molar-refractivity contribution in [3.63, 3.8) is 0 Å². The third-order valence-corrected chi connectivity index (χ3v) is 3.44. The van der Waals surface area contributed by atoms with E-state index < -0.39 is 0 Å². The highest BCUT2D eigenvalue weighted by Gasteiger charge is 2.46. The Morgan fingerprint density at radius 1 is 1.44 bits per heavy atom. The van der Waals surface area contributed by atoms with Crippen molar-refractivity contribution in [3.8, 4) is 0 Å². The van der Waals surface area contributed by atoms with Crippen LogP contribution in [0.3, 0.4) is 0 Å². The van der Waals surface area contributed by atoms with Crippen molar-refractivity contribution >= 4 is 5.97 Å². The highest BCUT2D eigenvalue weighted by Crippen LogP contribution is 2.44. The first-order valence-electron chi connectivity index (χ1n) is 5.93. The Morgan fingerprint density at radius 3 is 2.69 bits per heavy atom. The van der Waals surface area contributed by atoms with Gasteiger partial charge in [0.25, 0.3) is 0 Å².